The summed E-state index contributed by atoms with van der Waals surface area (Å²) in [5, 5.41) is 11.9. The fourth-order valence-corrected chi connectivity index (χ4v) is 3.58. The molecule has 0 atom stereocenters. The van der Waals surface area contributed by atoms with Crippen LogP contribution in [0.2, 0.25) is 5.02 Å². The molecule has 9 heteroatoms. The quantitative estimate of drug-likeness (QED) is 0.591. The van der Waals surface area contributed by atoms with Gasteiger partial charge in [-0.2, -0.15) is 0 Å². The van der Waals surface area contributed by atoms with Crippen molar-refractivity contribution in [3.05, 3.63) is 59.0 Å². The minimum Gasteiger partial charge on any atom is -0.467 e. The van der Waals surface area contributed by atoms with E-state index >= 15 is 0 Å². The van der Waals surface area contributed by atoms with E-state index in [4.69, 9.17) is 16.0 Å². The van der Waals surface area contributed by atoms with Gasteiger partial charge in [0.2, 0.25) is 5.91 Å². The van der Waals surface area contributed by atoms with Crippen molar-refractivity contribution in [2.24, 2.45) is 0 Å². The van der Waals surface area contributed by atoms with Crippen molar-refractivity contribution < 1.29 is 13.6 Å². The molecule has 140 valence electrons. The Kier molecular flexibility index (Phi) is 5.18. The number of carbonyl (C=O) groups excluding carboxylic acids is 1. The molecule has 1 aliphatic rings. The van der Waals surface area contributed by atoms with Gasteiger partial charge in [0.15, 0.2) is 5.16 Å². The molecule has 1 aliphatic carbocycles. The van der Waals surface area contributed by atoms with Gasteiger partial charge >= 0.3 is 0 Å². The van der Waals surface area contributed by atoms with Crippen molar-refractivity contribution in [3.63, 3.8) is 0 Å². The van der Waals surface area contributed by atoms with Crippen LogP contribution in [-0.4, -0.2) is 26.4 Å². The molecule has 0 bridgehead atoms. The second-order valence-corrected chi connectivity index (χ2v) is 7.60. The Hall–Kier alpha value is -2.32. The zero-order chi connectivity index (χ0) is 18.8. The van der Waals surface area contributed by atoms with E-state index in [1.165, 1.54) is 30.0 Å². The fourth-order valence-electron chi connectivity index (χ4n) is 2.66. The van der Waals surface area contributed by atoms with Crippen LogP contribution in [0.1, 0.15) is 30.3 Å². The van der Waals surface area contributed by atoms with Gasteiger partial charge in [-0.05, 0) is 43.2 Å². The van der Waals surface area contributed by atoms with Crippen LogP contribution in [-0.2, 0) is 11.3 Å². The number of nitrogens with one attached hydrogen (secondary N) is 1. The molecule has 27 heavy (non-hydrogen) atoms. The Morgan fingerprint density at radius 1 is 1.37 bits per heavy atom. The highest BCUT2D eigenvalue weighted by Gasteiger charge is 2.30. The summed E-state index contributed by atoms with van der Waals surface area (Å²) in [7, 11) is 0. The third-order valence-electron chi connectivity index (χ3n) is 4.12. The fraction of sp³-hybridized carbons (Fsp3) is 0.278. The number of hydrogen-bond donors (Lipinski definition) is 1. The maximum absolute atomic E-state index is 13.2. The second-order valence-electron chi connectivity index (χ2n) is 6.25. The molecular weight excluding hydrogens is 391 g/mol. The number of nitrogens with zero attached hydrogens (tertiary/aromatic N) is 3. The molecule has 0 saturated heterocycles. The van der Waals surface area contributed by atoms with E-state index in [9.17, 15) is 9.18 Å². The minimum absolute atomic E-state index is 0.0345. The number of amides is 1. The number of benzene rings is 1. The molecule has 0 unspecified atom stereocenters. The molecule has 1 amide bonds. The number of furan rings is 1. The average Bonchev–Trinajstić information content (AvgIpc) is 3.21. The lowest BCUT2D eigenvalue weighted by Gasteiger charge is -2.09. The Morgan fingerprint density at radius 2 is 2.22 bits per heavy atom. The van der Waals surface area contributed by atoms with Crippen LogP contribution in [0, 0.1) is 5.82 Å². The predicted molar refractivity (Wildman–Crippen MR) is 101 cm³/mol. The summed E-state index contributed by atoms with van der Waals surface area (Å²) in [6, 6.07) is 7.80. The van der Waals surface area contributed by atoms with Crippen LogP contribution in [0.15, 0.2) is 46.2 Å². The first-order chi connectivity index (χ1) is 13.1. The lowest BCUT2D eigenvalue weighted by molar-refractivity contribution is -0.113. The molecule has 1 fully saturated rings. The summed E-state index contributed by atoms with van der Waals surface area (Å²) >= 11 is 7.03. The molecule has 3 aromatic rings. The van der Waals surface area contributed by atoms with E-state index in [1.54, 1.807) is 6.26 Å². The summed E-state index contributed by atoms with van der Waals surface area (Å²) in [6.45, 7) is 0.531. The summed E-state index contributed by atoms with van der Waals surface area (Å²) in [5.74, 6) is 1.56. The number of hydrogen-bond acceptors (Lipinski definition) is 5. The van der Waals surface area contributed by atoms with E-state index in [0.717, 1.165) is 24.4 Å². The van der Waals surface area contributed by atoms with Gasteiger partial charge in [-0.3, -0.25) is 9.36 Å². The Balaban J connectivity index is 1.43. The minimum atomic E-state index is -0.525. The highest BCUT2D eigenvalue weighted by molar-refractivity contribution is 7.99. The van der Waals surface area contributed by atoms with E-state index < -0.39 is 5.82 Å². The molecule has 2 aromatic heterocycles. The Morgan fingerprint density at radius 3 is 2.93 bits per heavy atom. The summed E-state index contributed by atoms with van der Waals surface area (Å²) in [5.41, 5.74) is 0.447. The van der Waals surface area contributed by atoms with Crippen molar-refractivity contribution in [1.29, 1.82) is 0 Å². The first-order valence-electron chi connectivity index (χ1n) is 8.43. The molecule has 6 nitrogen and oxygen atoms in total. The van der Waals surface area contributed by atoms with Crippen LogP contribution < -0.4 is 5.32 Å². The normalized spacial score (nSPS) is 13.7. The lowest BCUT2D eigenvalue weighted by atomic mass is 10.3. The van der Waals surface area contributed by atoms with Gasteiger partial charge in [-0.1, -0.05) is 23.4 Å². The molecule has 2 heterocycles. The van der Waals surface area contributed by atoms with Crippen molar-refractivity contribution in [1.82, 2.24) is 14.8 Å². The van der Waals surface area contributed by atoms with Gasteiger partial charge in [0.25, 0.3) is 0 Å². The molecule has 1 aromatic carbocycles. The molecule has 1 N–H and O–H groups in total. The van der Waals surface area contributed by atoms with Crippen LogP contribution in [0.3, 0.4) is 0 Å². The second kappa shape index (κ2) is 7.74. The highest BCUT2D eigenvalue weighted by atomic mass is 35.5. The number of anilines is 1. The van der Waals surface area contributed by atoms with E-state index in [0.29, 0.717) is 23.3 Å². The Labute approximate surface area is 164 Å². The van der Waals surface area contributed by atoms with Gasteiger partial charge in [0.05, 0.1) is 23.6 Å². The van der Waals surface area contributed by atoms with Gasteiger partial charge in [-0.25, -0.2) is 4.39 Å². The van der Waals surface area contributed by atoms with Gasteiger partial charge in [0, 0.05) is 11.6 Å². The number of thioether (sulfide) groups is 1. The van der Waals surface area contributed by atoms with Crippen LogP contribution >= 0.6 is 23.4 Å². The molecule has 0 spiro atoms. The van der Waals surface area contributed by atoms with Crippen LogP contribution in [0.5, 0.6) is 0 Å². The topological polar surface area (TPSA) is 73.0 Å². The third kappa shape index (κ3) is 4.33. The monoisotopic (exact) mass is 406 g/mol. The van der Waals surface area contributed by atoms with E-state index in [-0.39, 0.29) is 16.7 Å². The molecule has 1 saturated carbocycles. The number of rotatable bonds is 7. The zero-order valence-electron chi connectivity index (χ0n) is 14.2. The first-order valence-corrected chi connectivity index (χ1v) is 9.79. The van der Waals surface area contributed by atoms with Crippen molar-refractivity contribution >= 4 is 35.0 Å². The number of aromatic nitrogens is 3. The largest absolute Gasteiger partial charge is 0.467 e. The smallest absolute Gasteiger partial charge is 0.234 e. The van der Waals surface area contributed by atoms with Gasteiger partial charge in [0.1, 0.15) is 17.4 Å². The van der Waals surface area contributed by atoms with Crippen molar-refractivity contribution in [3.8, 4) is 0 Å². The summed E-state index contributed by atoms with van der Waals surface area (Å²) in [4.78, 5) is 12.2. The molecule has 0 aliphatic heterocycles. The van der Waals surface area contributed by atoms with E-state index in [1.807, 2.05) is 16.7 Å². The zero-order valence-corrected chi connectivity index (χ0v) is 15.8. The van der Waals surface area contributed by atoms with E-state index in [2.05, 4.69) is 15.5 Å². The maximum atomic E-state index is 13.2. The summed E-state index contributed by atoms with van der Waals surface area (Å²) in [6.07, 6.45) is 3.84. The SMILES string of the molecule is O=C(CSc1nnc(C2CC2)n1Cc1ccco1)Nc1ccc(F)c(Cl)c1. The maximum Gasteiger partial charge on any atom is 0.234 e. The van der Waals surface area contributed by atoms with Gasteiger partial charge < -0.3 is 9.73 Å². The summed E-state index contributed by atoms with van der Waals surface area (Å²) < 4.78 is 20.6. The number of halogens is 2. The highest BCUT2D eigenvalue weighted by Crippen LogP contribution is 2.40. The van der Waals surface area contributed by atoms with Crippen molar-refractivity contribution in [2.45, 2.75) is 30.5 Å². The molecule has 4 rings (SSSR count). The predicted octanol–water partition coefficient (Wildman–Crippen LogP) is 4.32. The average molecular weight is 407 g/mol. The molecular formula is C18H16ClFN4O2S. The third-order valence-corrected chi connectivity index (χ3v) is 5.37. The van der Waals surface area contributed by atoms with Crippen LogP contribution in [0.4, 0.5) is 10.1 Å². The van der Waals surface area contributed by atoms with Crippen LogP contribution in [0.25, 0.3) is 0 Å². The Bertz CT molecular complexity index is 956. The molecule has 0 radical (unpaired) electrons. The first kappa shape index (κ1) is 18.1. The van der Waals surface area contributed by atoms with Crippen molar-refractivity contribution in [2.75, 3.05) is 11.1 Å². The lowest BCUT2D eigenvalue weighted by Crippen LogP contribution is -2.15. The van der Waals surface area contributed by atoms with Gasteiger partial charge in [-0.15, -0.1) is 10.2 Å². The number of carbonyl (C=O) groups is 1. The standard InChI is InChI=1S/C18H16ClFN4O2S/c19-14-8-12(5-6-15(14)20)21-16(25)10-27-18-23-22-17(11-3-4-11)24(18)9-13-2-1-7-26-13/h1-2,5-8,11H,3-4,9-10H2,(H,21,25).